The van der Waals surface area contributed by atoms with Crippen molar-refractivity contribution in [3.63, 3.8) is 0 Å². The first kappa shape index (κ1) is 29.9. The molecule has 0 aliphatic heterocycles. The molecule has 2 aromatic rings. The average Bonchev–Trinajstić information content (AvgIpc) is 3.38. The van der Waals surface area contributed by atoms with Gasteiger partial charge in [0.15, 0.2) is 0 Å². The van der Waals surface area contributed by atoms with E-state index in [0.29, 0.717) is 21.4 Å². The Balaban J connectivity index is 1.99. The van der Waals surface area contributed by atoms with Gasteiger partial charge in [-0.15, -0.1) is 0 Å². The lowest BCUT2D eigenvalue weighted by molar-refractivity contribution is -0.139. The molecule has 38 heavy (non-hydrogen) atoms. The lowest BCUT2D eigenvalue weighted by Crippen LogP contribution is -2.52. The second-order valence-corrected chi connectivity index (χ2v) is 11.9. The summed E-state index contributed by atoms with van der Waals surface area (Å²) in [7, 11) is -1.12. The van der Waals surface area contributed by atoms with E-state index in [1.807, 2.05) is 0 Å². The van der Waals surface area contributed by atoms with E-state index in [-0.39, 0.29) is 29.9 Å². The first-order valence-corrected chi connectivity index (χ1v) is 14.8. The summed E-state index contributed by atoms with van der Waals surface area (Å²) in [6.07, 6.45) is 4.80. The van der Waals surface area contributed by atoms with Gasteiger partial charge in [-0.1, -0.05) is 42.1 Å². The largest absolute Gasteiger partial charge is 0.497 e. The van der Waals surface area contributed by atoms with Crippen LogP contribution >= 0.6 is 23.2 Å². The monoisotopic (exact) mass is 585 g/mol. The van der Waals surface area contributed by atoms with Gasteiger partial charge in [-0.3, -0.25) is 13.9 Å². The van der Waals surface area contributed by atoms with E-state index in [9.17, 15) is 18.0 Å². The van der Waals surface area contributed by atoms with Crippen molar-refractivity contribution in [3.8, 4) is 11.5 Å². The van der Waals surface area contributed by atoms with E-state index < -0.39 is 28.5 Å². The zero-order valence-electron chi connectivity index (χ0n) is 21.9. The Morgan fingerprint density at radius 2 is 1.71 bits per heavy atom. The van der Waals surface area contributed by atoms with E-state index in [1.54, 1.807) is 37.3 Å². The number of hydrogen-bond acceptors (Lipinski definition) is 6. The lowest BCUT2D eigenvalue weighted by Gasteiger charge is -2.32. The van der Waals surface area contributed by atoms with Crippen LogP contribution < -0.4 is 19.1 Å². The third-order valence-electron chi connectivity index (χ3n) is 6.59. The van der Waals surface area contributed by atoms with Crippen LogP contribution in [0.5, 0.6) is 11.5 Å². The highest BCUT2D eigenvalue weighted by atomic mass is 35.5. The number of carbonyl (C=O) groups is 2. The molecule has 208 valence electrons. The number of ether oxygens (including phenoxy) is 2. The summed E-state index contributed by atoms with van der Waals surface area (Å²) < 4.78 is 37.3. The molecule has 0 aromatic heterocycles. The molecule has 0 bridgehead atoms. The molecule has 9 nitrogen and oxygen atoms in total. The summed E-state index contributed by atoms with van der Waals surface area (Å²) in [6.45, 7) is 0.915. The maximum absolute atomic E-state index is 13.8. The van der Waals surface area contributed by atoms with Gasteiger partial charge < -0.3 is 19.7 Å². The lowest BCUT2D eigenvalue weighted by atomic mass is 10.1. The number of amides is 2. The minimum absolute atomic E-state index is 0.0411. The zero-order valence-corrected chi connectivity index (χ0v) is 24.2. The fourth-order valence-electron chi connectivity index (χ4n) is 4.41. The van der Waals surface area contributed by atoms with E-state index in [1.165, 1.54) is 25.2 Å². The first-order valence-electron chi connectivity index (χ1n) is 12.2. The predicted octanol–water partition coefficient (Wildman–Crippen LogP) is 4.25. The summed E-state index contributed by atoms with van der Waals surface area (Å²) in [4.78, 5) is 28.3. The molecule has 0 heterocycles. The Labute approximate surface area is 234 Å². The van der Waals surface area contributed by atoms with Crippen LogP contribution in [0.15, 0.2) is 36.4 Å². The molecule has 1 N–H and O–H groups in total. The van der Waals surface area contributed by atoms with Crippen LogP contribution in [0, 0.1) is 0 Å². The summed E-state index contributed by atoms with van der Waals surface area (Å²) in [5, 5.41) is 3.66. The van der Waals surface area contributed by atoms with E-state index in [0.717, 1.165) is 36.2 Å². The minimum Gasteiger partial charge on any atom is -0.497 e. The highest BCUT2D eigenvalue weighted by Gasteiger charge is 2.33. The Bertz CT molecular complexity index is 1250. The smallest absolute Gasteiger partial charge is 0.244 e. The predicted molar refractivity (Wildman–Crippen MR) is 149 cm³/mol. The number of methoxy groups -OCH3 is 2. The molecule has 0 radical (unpaired) electrons. The van der Waals surface area contributed by atoms with Crippen LogP contribution in [0.3, 0.4) is 0 Å². The number of nitrogens with zero attached hydrogens (tertiary/aromatic N) is 2. The Kier molecular flexibility index (Phi) is 10.1. The molecule has 1 atom stereocenters. The minimum atomic E-state index is -3.96. The third kappa shape index (κ3) is 7.24. The maximum atomic E-state index is 13.8. The molecule has 2 aromatic carbocycles. The van der Waals surface area contributed by atoms with Crippen molar-refractivity contribution in [2.24, 2.45) is 0 Å². The number of carbonyl (C=O) groups excluding carboxylic acids is 2. The number of hydrogen-bond donors (Lipinski definition) is 1. The average molecular weight is 587 g/mol. The van der Waals surface area contributed by atoms with Gasteiger partial charge in [-0.25, -0.2) is 8.42 Å². The van der Waals surface area contributed by atoms with Crippen molar-refractivity contribution in [1.29, 1.82) is 0 Å². The van der Waals surface area contributed by atoms with Crippen molar-refractivity contribution in [3.05, 3.63) is 52.0 Å². The van der Waals surface area contributed by atoms with Gasteiger partial charge in [0.25, 0.3) is 0 Å². The summed E-state index contributed by atoms with van der Waals surface area (Å²) in [5.74, 6) is -0.341. The van der Waals surface area contributed by atoms with Gasteiger partial charge in [-0.2, -0.15) is 0 Å². The van der Waals surface area contributed by atoms with Crippen molar-refractivity contribution in [2.75, 3.05) is 31.3 Å². The van der Waals surface area contributed by atoms with Gasteiger partial charge in [0, 0.05) is 34.3 Å². The molecular formula is C26H33Cl2N3O6S. The summed E-state index contributed by atoms with van der Waals surface area (Å²) in [6, 6.07) is 8.71. The Morgan fingerprint density at radius 3 is 2.26 bits per heavy atom. The molecule has 0 saturated heterocycles. The maximum Gasteiger partial charge on any atom is 0.244 e. The van der Waals surface area contributed by atoms with Crippen molar-refractivity contribution in [2.45, 2.75) is 51.2 Å². The third-order valence-corrected chi connectivity index (χ3v) is 8.43. The Hall–Kier alpha value is -2.69. The second-order valence-electron chi connectivity index (χ2n) is 9.20. The van der Waals surface area contributed by atoms with Crippen molar-refractivity contribution < 1.29 is 27.5 Å². The van der Waals surface area contributed by atoms with Crippen LogP contribution in [0.25, 0.3) is 0 Å². The number of benzene rings is 2. The van der Waals surface area contributed by atoms with Gasteiger partial charge in [0.1, 0.15) is 24.1 Å². The number of halogens is 2. The van der Waals surface area contributed by atoms with E-state index in [2.05, 4.69) is 5.32 Å². The fraction of sp³-hybridized carbons (Fsp3) is 0.462. The van der Waals surface area contributed by atoms with Crippen molar-refractivity contribution in [1.82, 2.24) is 10.2 Å². The normalized spacial score (nSPS) is 14.6. The van der Waals surface area contributed by atoms with Crippen LogP contribution in [0.2, 0.25) is 10.0 Å². The fourth-order valence-corrected chi connectivity index (χ4v) is 5.78. The highest BCUT2D eigenvalue weighted by Crippen LogP contribution is 2.34. The van der Waals surface area contributed by atoms with Crippen LogP contribution in [-0.2, 0) is 26.2 Å². The number of rotatable bonds is 11. The van der Waals surface area contributed by atoms with E-state index in [4.69, 9.17) is 32.7 Å². The van der Waals surface area contributed by atoms with Crippen LogP contribution in [0.1, 0.15) is 38.2 Å². The number of nitrogens with one attached hydrogen (secondary N) is 1. The molecule has 1 aliphatic rings. The zero-order chi connectivity index (χ0) is 28.0. The molecule has 0 unspecified atom stereocenters. The quantitative estimate of drug-likeness (QED) is 0.422. The first-order chi connectivity index (χ1) is 18.0. The Morgan fingerprint density at radius 1 is 1.08 bits per heavy atom. The number of anilines is 1. The summed E-state index contributed by atoms with van der Waals surface area (Å²) in [5.41, 5.74) is 0.580. The molecule has 1 saturated carbocycles. The van der Waals surface area contributed by atoms with Gasteiger partial charge in [-0.05, 0) is 44.0 Å². The van der Waals surface area contributed by atoms with Gasteiger partial charge in [0.05, 0.1) is 26.2 Å². The van der Waals surface area contributed by atoms with E-state index >= 15 is 0 Å². The second kappa shape index (κ2) is 12.9. The molecule has 12 heteroatoms. The van der Waals surface area contributed by atoms with Gasteiger partial charge >= 0.3 is 0 Å². The number of sulfonamides is 1. The molecule has 3 rings (SSSR count). The topological polar surface area (TPSA) is 105 Å². The van der Waals surface area contributed by atoms with Crippen molar-refractivity contribution >= 4 is 50.7 Å². The molecule has 1 fully saturated rings. The van der Waals surface area contributed by atoms with Gasteiger partial charge in [0.2, 0.25) is 21.8 Å². The molecule has 2 amide bonds. The van der Waals surface area contributed by atoms with Crippen LogP contribution in [-0.4, -0.2) is 64.2 Å². The van der Waals surface area contributed by atoms with Crippen LogP contribution in [0.4, 0.5) is 5.69 Å². The molecule has 0 spiro atoms. The molecule has 1 aliphatic carbocycles. The molecular weight excluding hydrogens is 553 g/mol. The summed E-state index contributed by atoms with van der Waals surface area (Å²) >= 11 is 12.8. The highest BCUT2D eigenvalue weighted by molar-refractivity contribution is 7.92. The standard InChI is InChI=1S/C26H33Cl2N3O6S/c1-17(26(33)29-18-8-5-6-9-18)30(15-20-21(27)10-7-11-22(20)28)25(32)16-31(38(4,34)35)23-14-19(36-2)12-13-24(23)37-3/h7,10-14,17-18H,5-6,8-9,15-16H2,1-4H3,(H,29,33)/t17-/m1/s1. The SMILES string of the molecule is COc1ccc(OC)c(N(CC(=O)N(Cc2c(Cl)cccc2Cl)[C@H](C)C(=O)NC2CCCC2)S(C)(=O)=O)c1.